The van der Waals surface area contributed by atoms with Gasteiger partial charge in [0.05, 0.1) is 18.5 Å². The molecule has 0 N–H and O–H groups in total. The van der Waals surface area contributed by atoms with E-state index in [0.29, 0.717) is 45.7 Å². The summed E-state index contributed by atoms with van der Waals surface area (Å²) >= 11 is 0. The Kier molecular flexibility index (Phi) is 5.51. The van der Waals surface area contributed by atoms with Crippen LogP contribution >= 0.6 is 0 Å². The van der Waals surface area contributed by atoms with Crippen LogP contribution in [-0.2, 0) is 24.5 Å². The van der Waals surface area contributed by atoms with Crippen molar-refractivity contribution in [1.29, 1.82) is 0 Å². The molecule has 5 rings (SSSR count). The fourth-order valence-electron chi connectivity index (χ4n) is 5.41. The Morgan fingerprint density at radius 3 is 2.50 bits per heavy atom. The summed E-state index contributed by atoms with van der Waals surface area (Å²) in [7, 11) is 0. The molecule has 3 saturated heterocycles. The van der Waals surface area contributed by atoms with Gasteiger partial charge in [0.15, 0.2) is 0 Å². The SMILES string of the molecule is Cc1cccc(C2(C(=O)N3CC[C@@]4(C3)CN(c3ccccc3)C(=O)CO4)CCOCC2)c1. The quantitative estimate of drug-likeness (QED) is 0.745. The molecule has 3 heterocycles. The number of para-hydroxylation sites is 1. The van der Waals surface area contributed by atoms with E-state index >= 15 is 0 Å². The summed E-state index contributed by atoms with van der Waals surface area (Å²) in [5.41, 5.74) is 2.05. The van der Waals surface area contributed by atoms with E-state index in [1.165, 1.54) is 0 Å². The summed E-state index contributed by atoms with van der Waals surface area (Å²) in [6, 6.07) is 18.0. The molecule has 168 valence electrons. The Bertz CT molecular complexity index is 1000. The van der Waals surface area contributed by atoms with Gasteiger partial charge in [-0.15, -0.1) is 0 Å². The molecular formula is C26H30N2O4. The molecule has 3 aliphatic rings. The number of anilines is 1. The van der Waals surface area contributed by atoms with E-state index < -0.39 is 11.0 Å². The molecule has 0 aliphatic carbocycles. The van der Waals surface area contributed by atoms with E-state index in [0.717, 1.165) is 23.2 Å². The number of aryl methyl sites for hydroxylation is 1. The summed E-state index contributed by atoms with van der Waals surface area (Å²) in [6.45, 7) is 4.92. The van der Waals surface area contributed by atoms with Crippen LogP contribution in [0.4, 0.5) is 5.69 Å². The maximum Gasteiger partial charge on any atom is 0.253 e. The van der Waals surface area contributed by atoms with Crippen LogP contribution in [0.2, 0.25) is 0 Å². The summed E-state index contributed by atoms with van der Waals surface area (Å²) in [4.78, 5) is 30.4. The lowest BCUT2D eigenvalue weighted by atomic mass is 9.72. The van der Waals surface area contributed by atoms with Crippen LogP contribution in [0.1, 0.15) is 30.4 Å². The first kappa shape index (κ1) is 21.2. The third-order valence-electron chi connectivity index (χ3n) is 7.25. The maximum atomic E-state index is 14.0. The number of morpholine rings is 1. The molecule has 2 aromatic carbocycles. The molecule has 0 unspecified atom stereocenters. The molecule has 3 fully saturated rings. The summed E-state index contributed by atoms with van der Waals surface area (Å²) < 4.78 is 11.7. The third kappa shape index (κ3) is 3.71. The number of benzene rings is 2. The first-order valence-corrected chi connectivity index (χ1v) is 11.5. The second-order valence-electron chi connectivity index (χ2n) is 9.33. The van der Waals surface area contributed by atoms with Crippen LogP contribution < -0.4 is 4.90 Å². The van der Waals surface area contributed by atoms with Gasteiger partial charge in [-0.25, -0.2) is 0 Å². The van der Waals surface area contributed by atoms with Crippen molar-refractivity contribution >= 4 is 17.5 Å². The van der Waals surface area contributed by atoms with Crippen molar-refractivity contribution in [2.24, 2.45) is 0 Å². The number of rotatable bonds is 3. The Hall–Kier alpha value is -2.70. The van der Waals surface area contributed by atoms with Gasteiger partial charge in [0, 0.05) is 25.4 Å². The molecule has 0 aromatic heterocycles. The van der Waals surface area contributed by atoms with Gasteiger partial charge in [-0.05, 0) is 43.9 Å². The van der Waals surface area contributed by atoms with Gasteiger partial charge in [0.25, 0.3) is 5.91 Å². The lowest BCUT2D eigenvalue weighted by Gasteiger charge is -2.42. The van der Waals surface area contributed by atoms with Crippen molar-refractivity contribution in [3.05, 3.63) is 65.7 Å². The highest BCUT2D eigenvalue weighted by Crippen LogP contribution is 2.40. The van der Waals surface area contributed by atoms with Crippen LogP contribution in [0.5, 0.6) is 0 Å². The highest BCUT2D eigenvalue weighted by atomic mass is 16.5. The van der Waals surface area contributed by atoms with Crippen LogP contribution in [0.25, 0.3) is 0 Å². The largest absolute Gasteiger partial charge is 0.381 e. The standard InChI is InChI=1S/C26H30N2O4/c1-20-6-5-7-21(16-20)26(11-14-31-15-12-26)24(30)27-13-10-25(18-27)19-28(23(29)17-32-25)22-8-3-2-4-9-22/h2-9,16H,10-15,17-19H2,1H3/t25-/m1/s1. The van der Waals surface area contributed by atoms with Crippen molar-refractivity contribution in [2.45, 2.75) is 37.2 Å². The smallest absolute Gasteiger partial charge is 0.253 e. The van der Waals surface area contributed by atoms with Crippen LogP contribution in [0, 0.1) is 6.92 Å². The van der Waals surface area contributed by atoms with Crippen molar-refractivity contribution in [2.75, 3.05) is 44.4 Å². The predicted molar refractivity (Wildman–Crippen MR) is 122 cm³/mol. The minimum absolute atomic E-state index is 0.0349. The number of likely N-dealkylation sites (tertiary alicyclic amines) is 1. The molecule has 32 heavy (non-hydrogen) atoms. The van der Waals surface area contributed by atoms with Crippen LogP contribution in [0.3, 0.4) is 0 Å². The molecule has 1 atom stereocenters. The summed E-state index contributed by atoms with van der Waals surface area (Å²) in [5.74, 6) is 0.127. The highest BCUT2D eigenvalue weighted by Gasteiger charge is 2.51. The molecule has 0 bridgehead atoms. The molecule has 6 heteroatoms. The van der Waals surface area contributed by atoms with Crippen molar-refractivity contribution in [3.8, 4) is 0 Å². The lowest BCUT2D eigenvalue weighted by Crippen LogP contribution is -2.57. The Balaban J connectivity index is 1.39. The fourth-order valence-corrected chi connectivity index (χ4v) is 5.41. The summed E-state index contributed by atoms with van der Waals surface area (Å²) in [5, 5.41) is 0. The average Bonchev–Trinajstić information content (AvgIpc) is 3.25. The number of hydrogen-bond donors (Lipinski definition) is 0. The molecule has 2 amide bonds. The molecule has 0 radical (unpaired) electrons. The number of ether oxygens (including phenoxy) is 2. The van der Waals surface area contributed by atoms with Crippen LogP contribution in [0.15, 0.2) is 54.6 Å². The topological polar surface area (TPSA) is 59.1 Å². The van der Waals surface area contributed by atoms with E-state index in [1.807, 2.05) is 46.2 Å². The molecule has 3 aliphatic heterocycles. The first-order chi connectivity index (χ1) is 15.5. The zero-order valence-electron chi connectivity index (χ0n) is 18.6. The van der Waals surface area contributed by atoms with Crippen molar-refractivity contribution in [3.63, 3.8) is 0 Å². The molecule has 6 nitrogen and oxygen atoms in total. The average molecular weight is 435 g/mol. The maximum absolute atomic E-state index is 14.0. The summed E-state index contributed by atoms with van der Waals surface area (Å²) in [6.07, 6.45) is 2.11. The van der Waals surface area contributed by atoms with Gasteiger partial charge in [-0.3, -0.25) is 9.59 Å². The number of nitrogens with zero attached hydrogens (tertiary/aromatic N) is 2. The highest BCUT2D eigenvalue weighted by molar-refractivity contribution is 5.95. The monoisotopic (exact) mass is 434 g/mol. The minimum atomic E-state index is -0.556. The van der Waals surface area contributed by atoms with E-state index in [9.17, 15) is 9.59 Å². The van der Waals surface area contributed by atoms with Gasteiger partial charge in [0.2, 0.25) is 5.91 Å². The third-order valence-corrected chi connectivity index (χ3v) is 7.25. The van der Waals surface area contributed by atoms with E-state index in [-0.39, 0.29) is 18.4 Å². The fraction of sp³-hybridized carbons (Fsp3) is 0.462. The Morgan fingerprint density at radius 1 is 0.969 bits per heavy atom. The van der Waals surface area contributed by atoms with Crippen LogP contribution in [-0.4, -0.2) is 61.8 Å². The van der Waals surface area contributed by atoms with Gasteiger partial charge < -0.3 is 19.3 Å². The second kappa shape index (κ2) is 8.34. The van der Waals surface area contributed by atoms with E-state index in [1.54, 1.807) is 0 Å². The minimum Gasteiger partial charge on any atom is -0.381 e. The molecule has 2 aromatic rings. The van der Waals surface area contributed by atoms with E-state index in [4.69, 9.17) is 9.47 Å². The molecular weight excluding hydrogens is 404 g/mol. The lowest BCUT2D eigenvalue weighted by molar-refractivity contribution is -0.144. The number of carbonyl (C=O) groups excluding carboxylic acids is 2. The van der Waals surface area contributed by atoms with E-state index in [2.05, 4.69) is 25.1 Å². The van der Waals surface area contributed by atoms with Gasteiger partial charge >= 0.3 is 0 Å². The second-order valence-corrected chi connectivity index (χ2v) is 9.33. The zero-order chi connectivity index (χ0) is 22.2. The zero-order valence-corrected chi connectivity index (χ0v) is 18.6. The normalized spacial score (nSPS) is 25.3. The predicted octanol–water partition coefficient (Wildman–Crippen LogP) is 3.08. The van der Waals surface area contributed by atoms with Crippen molar-refractivity contribution < 1.29 is 19.1 Å². The first-order valence-electron chi connectivity index (χ1n) is 11.5. The molecule has 1 spiro atoms. The van der Waals surface area contributed by atoms with Crippen molar-refractivity contribution in [1.82, 2.24) is 4.90 Å². The Morgan fingerprint density at radius 2 is 1.75 bits per heavy atom. The number of amides is 2. The van der Waals surface area contributed by atoms with Gasteiger partial charge in [-0.2, -0.15) is 0 Å². The molecule has 0 saturated carbocycles. The Labute approximate surface area is 189 Å². The number of carbonyl (C=O) groups is 2. The van der Waals surface area contributed by atoms with Gasteiger partial charge in [-0.1, -0.05) is 48.0 Å². The number of hydrogen-bond acceptors (Lipinski definition) is 4. The van der Waals surface area contributed by atoms with Gasteiger partial charge in [0.1, 0.15) is 12.2 Å².